The number of hydrogen-bond acceptors (Lipinski definition) is 2. The third kappa shape index (κ3) is 4.97. The normalized spacial score (nSPS) is 22.8. The van der Waals surface area contributed by atoms with Crippen molar-refractivity contribution in [3.8, 4) is 0 Å². The van der Waals surface area contributed by atoms with Crippen molar-refractivity contribution in [1.29, 1.82) is 0 Å². The van der Waals surface area contributed by atoms with Crippen LogP contribution in [0.5, 0.6) is 0 Å². The summed E-state index contributed by atoms with van der Waals surface area (Å²) in [5.41, 5.74) is 0. The van der Waals surface area contributed by atoms with Crippen LogP contribution in [-0.4, -0.2) is 25.5 Å². The van der Waals surface area contributed by atoms with Gasteiger partial charge < -0.3 is 10.6 Å². The second-order valence-electron chi connectivity index (χ2n) is 4.99. The Morgan fingerprint density at radius 1 is 1.56 bits per heavy atom. The van der Waals surface area contributed by atoms with Gasteiger partial charge in [0.1, 0.15) is 0 Å². The van der Waals surface area contributed by atoms with E-state index in [0.29, 0.717) is 18.3 Å². The molecule has 16 heavy (non-hydrogen) atoms. The first-order valence-electron chi connectivity index (χ1n) is 6.71. The zero-order valence-electron chi connectivity index (χ0n) is 10.7. The van der Waals surface area contributed by atoms with E-state index in [0.717, 1.165) is 32.5 Å². The van der Waals surface area contributed by atoms with E-state index < -0.39 is 0 Å². The molecule has 1 aliphatic rings. The first-order valence-corrected chi connectivity index (χ1v) is 6.71. The quantitative estimate of drug-likeness (QED) is 0.679. The molecule has 2 atom stereocenters. The van der Waals surface area contributed by atoms with E-state index in [9.17, 15) is 4.79 Å². The number of unbranched alkanes of at least 4 members (excludes halogenated alkanes) is 1. The van der Waals surface area contributed by atoms with E-state index >= 15 is 0 Å². The van der Waals surface area contributed by atoms with Gasteiger partial charge in [-0.1, -0.05) is 20.3 Å². The summed E-state index contributed by atoms with van der Waals surface area (Å²) in [6.07, 6.45) is 5.45. The minimum Gasteiger partial charge on any atom is -0.356 e. The molecule has 1 fully saturated rings. The van der Waals surface area contributed by atoms with Gasteiger partial charge in [0.05, 0.1) is 0 Å². The fourth-order valence-electron chi connectivity index (χ4n) is 2.30. The summed E-state index contributed by atoms with van der Waals surface area (Å²) < 4.78 is 0. The zero-order chi connectivity index (χ0) is 11.8. The lowest BCUT2D eigenvalue weighted by atomic mass is 9.85. The molecule has 2 N–H and O–H groups in total. The van der Waals surface area contributed by atoms with Crippen molar-refractivity contribution in [2.45, 2.75) is 46.0 Å². The predicted octanol–water partition coefficient (Wildman–Crippen LogP) is 1.93. The smallest absolute Gasteiger partial charge is 0.220 e. The highest BCUT2D eigenvalue weighted by Crippen LogP contribution is 2.22. The SMILES string of the molecule is CCCCNC(=O)CC(C)C1CCCNC1. The number of amides is 1. The van der Waals surface area contributed by atoms with E-state index in [2.05, 4.69) is 24.5 Å². The van der Waals surface area contributed by atoms with Gasteiger partial charge in [-0.3, -0.25) is 4.79 Å². The first kappa shape index (κ1) is 13.5. The summed E-state index contributed by atoms with van der Waals surface area (Å²) in [5.74, 6) is 1.42. The molecule has 0 aromatic rings. The molecular formula is C13H26N2O. The van der Waals surface area contributed by atoms with E-state index in [1.165, 1.54) is 12.8 Å². The molecule has 2 unspecified atom stereocenters. The molecule has 3 heteroatoms. The minimum absolute atomic E-state index is 0.228. The number of nitrogens with one attached hydrogen (secondary N) is 2. The first-order chi connectivity index (χ1) is 7.74. The molecule has 1 aliphatic heterocycles. The van der Waals surface area contributed by atoms with Crippen molar-refractivity contribution in [1.82, 2.24) is 10.6 Å². The van der Waals surface area contributed by atoms with Crippen LogP contribution in [0.3, 0.4) is 0 Å². The van der Waals surface area contributed by atoms with E-state index in [1.54, 1.807) is 0 Å². The second kappa shape index (κ2) is 7.66. The molecule has 0 saturated carbocycles. The van der Waals surface area contributed by atoms with Crippen LogP contribution in [0, 0.1) is 11.8 Å². The number of rotatable bonds is 6. The van der Waals surface area contributed by atoms with Gasteiger partial charge in [0, 0.05) is 13.0 Å². The molecule has 94 valence electrons. The summed E-state index contributed by atoms with van der Waals surface area (Å²) in [5, 5.41) is 6.40. The second-order valence-corrected chi connectivity index (χ2v) is 4.99. The van der Waals surface area contributed by atoms with E-state index in [-0.39, 0.29) is 5.91 Å². The van der Waals surface area contributed by atoms with Gasteiger partial charge in [0.25, 0.3) is 0 Å². The van der Waals surface area contributed by atoms with Gasteiger partial charge in [0.2, 0.25) is 5.91 Å². The molecule has 1 heterocycles. The van der Waals surface area contributed by atoms with Gasteiger partial charge in [-0.25, -0.2) is 0 Å². The van der Waals surface area contributed by atoms with Crippen molar-refractivity contribution in [3.63, 3.8) is 0 Å². The molecule has 0 bridgehead atoms. The number of hydrogen-bond donors (Lipinski definition) is 2. The van der Waals surface area contributed by atoms with Crippen LogP contribution >= 0.6 is 0 Å². The lowest BCUT2D eigenvalue weighted by molar-refractivity contribution is -0.122. The Bertz CT molecular complexity index is 200. The van der Waals surface area contributed by atoms with E-state index in [1.807, 2.05) is 0 Å². The molecule has 1 rings (SSSR count). The van der Waals surface area contributed by atoms with Gasteiger partial charge in [-0.2, -0.15) is 0 Å². The van der Waals surface area contributed by atoms with Gasteiger partial charge in [0.15, 0.2) is 0 Å². The Morgan fingerprint density at radius 2 is 2.38 bits per heavy atom. The fourth-order valence-corrected chi connectivity index (χ4v) is 2.30. The molecule has 0 spiro atoms. The third-order valence-electron chi connectivity index (χ3n) is 3.50. The summed E-state index contributed by atoms with van der Waals surface area (Å²) >= 11 is 0. The van der Waals surface area contributed by atoms with Gasteiger partial charge >= 0.3 is 0 Å². The summed E-state index contributed by atoms with van der Waals surface area (Å²) in [4.78, 5) is 11.6. The van der Waals surface area contributed by atoms with Crippen molar-refractivity contribution in [2.75, 3.05) is 19.6 Å². The maximum absolute atomic E-state index is 11.6. The molecule has 0 aromatic heterocycles. The highest BCUT2D eigenvalue weighted by Gasteiger charge is 2.21. The maximum atomic E-state index is 11.6. The molecule has 0 aliphatic carbocycles. The molecular weight excluding hydrogens is 200 g/mol. The maximum Gasteiger partial charge on any atom is 0.220 e. The highest BCUT2D eigenvalue weighted by atomic mass is 16.1. The molecule has 1 saturated heterocycles. The Kier molecular flexibility index (Phi) is 6.46. The molecule has 0 radical (unpaired) electrons. The van der Waals surface area contributed by atoms with Crippen molar-refractivity contribution in [2.24, 2.45) is 11.8 Å². The Labute approximate surface area is 99.4 Å². The van der Waals surface area contributed by atoms with E-state index in [4.69, 9.17) is 0 Å². The lowest BCUT2D eigenvalue weighted by Crippen LogP contribution is -2.35. The monoisotopic (exact) mass is 226 g/mol. The highest BCUT2D eigenvalue weighted by molar-refractivity contribution is 5.76. The standard InChI is InChI=1S/C13H26N2O/c1-3-4-8-15-13(16)9-11(2)12-6-5-7-14-10-12/h11-12,14H,3-10H2,1-2H3,(H,15,16). The average Bonchev–Trinajstić information content (AvgIpc) is 2.30. The predicted molar refractivity (Wildman–Crippen MR) is 67.3 cm³/mol. The number of carbonyl (C=O) groups excluding carboxylic acids is 1. The van der Waals surface area contributed by atoms with Crippen molar-refractivity contribution in [3.05, 3.63) is 0 Å². The van der Waals surface area contributed by atoms with Crippen LogP contribution in [-0.2, 0) is 4.79 Å². The Hall–Kier alpha value is -0.570. The van der Waals surface area contributed by atoms with Crippen LogP contribution in [0.25, 0.3) is 0 Å². The Morgan fingerprint density at radius 3 is 3.00 bits per heavy atom. The minimum atomic E-state index is 0.228. The molecule has 0 aromatic carbocycles. The number of piperidine rings is 1. The number of carbonyl (C=O) groups is 1. The van der Waals surface area contributed by atoms with Crippen LogP contribution in [0.15, 0.2) is 0 Å². The molecule has 3 nitrogen and oxygen atoms in total. The largest absolute Gasteiger partial charge is 0.356 e. The summed E-state index contributed by atoms with van der Waals surface area (Å²) in [6, 6.07) is 0. The van der Waals surface area contributed by atoms with Gasteiger partial charge in [-0.05, 0) is 44.2 Å². The third-order valence-corrected chi connectivity index (χ3v) is 3.50. The molecule has 1 amide bonds. The van der Waals surface area contributed by atoms with Crippen molar-refractivity contribution >= 4 is 5.91 Å². The summed E-state index contributed by atoms with van der Waals surface area (Å²) in [7, 11) is 0. The van der Waals surface area contributed by atoms with Gasteiger partial charge in [-0.15, -0.1) is 0 Å². The Balaban J connectivity index is 2.16. The van der Waals surface area contributed by atoms with Crippen LogP contribution < -0.4 is 10.6 Å². The van der Waals surface area contributed by atoms with Crippen LogP contribution in [0.2, 0.25) is 0 Å². The fraction of sp³-hybridized carbons (Fsp3) is 0.923. The van der Waals surface area contributed by atoms with Crippen molar-refractivity contribution < 1.29 is 4.79 Å². The lowest BCUT2D eigenvalue weighted by Gasteiger charge is -2.28. The van der Waals surface area contributed by atoms with Crippen LogP contribution in [0.1, 0.15) is 46.0 Å². The summed E-state index contributed by atoms with van der Waals surface area (Å²) in [6.45, 7) is 7.42. The zero-order valence-corrected chi connectivity index (χ0v) is 10.7. The topological polar surface area (TPSA) is 41.1 Å². The average molecular weight is 226 g/mol. The van der Waals surface area contributed by atoms with Crippen LogP contribution in [0.4, 0.5) is 0 Å².